The summed E-state index contributed by atoms with van der Waals surface area (Å²) >= 11 is 5.68. The topological polar surface area (TPSA) is 42.3 Å². The average Bonchev–Trinajstić information content (AvgIpc) is 3.23. The maximum atomic E-state index is 13.4. The first-order chi connectivity index (χ1) is 14.5. The molecule has 2 aromatic heterocycles. The first-order valence-corrected chi connectivity index (χ1v) is 10.3. The summed E-state index contributed by atoms with van der Waals surface area (Å²) in [6.07, 6.45) is 1.80. The van der Waals surface area contributed by atoms with Crippen LogP contribution in [0.3, 0.4) is 0 Å². The number of benzene rings is 1. The molecule has 4 rings (SSSR count). The molecule has 1 aromatic carbocycles. The maximum absolute atomic E-state index is 13.4. The summed E-state index contributed by atoms with van der Waals surface area (Å²) in [4.78, 5) is 6.76. The lowest BCUT2D eigenvalue weighted by Gasteiger charge is -2.28. The molecule has 1 saturated heterocycles. The first-order valence-electron chi connectivity index (χ1n) is 9.93. The van der Waals surface area contributed by atoms with Gasteiger partial charge in [0.2, 0.25) is 0 Å². The van der Waals surface area contributed by atoms with E-state index < -0.39 is 0 Å². The summed E-state index contributed by atoms with van der Waals surface area (Å²) < 4.78 is 20.9. The SMILES string of the molecule is COCCN1C(=S)NC(c2ccccn2)C1c1cc(C)n(-c2ccc(F)cc2)c1C. The zero-order chi connectivity index (χ0) is 21.3. The van der Waals surface area contributed by atoms with Gasteiger partial charge in [-0.15, -0.1) is 0 Å². The molecule has 0 amide bonds. The van der Waals surface area contributed by atoms with Crippen LogP contribution in [0.2, 0.25) is 0 Å². The molecule has 156 valence electrons. The summed E-state index contributed by atoms with van der Waals surface area (Å²) in [5, 5.41) is 4.16. The number of rotatable bonds is 6. The molecule has 0 bridgehead atoms. The number of nitrogens with one attached hydrogen (secondary N) is 1. The smallest absolute Gasteiger partial charge is 0.170 e. The zero-order valence-electron chi connectivity index (χ0n) is 17.3. The minimum atomic E-state index is -0.243. The fourth-order valence-electron chi connectivity index (χ4n) is 4.25. The minimum absolute atomic E-state index is 0.0250. The lowest BCUT2D eigenvalue weighted by atomic mass is 9.97. The lowest BCUT2D eigenvalue weighted by molar-refractivity contribution is 0.164. The van der Waals surface area contributed by atoms with Gasteiger partial charge in [0.05, 0.1) is 24.4 Å². The highest BCUT2D eigenvalue weighted by atomic mass is 32.1. The molecule has 3 aromatic rings. The Labute approximate surface area is 181 Å². The van der Waals surface area contributed by atoms with Gasteiger partial charge in [0, 0.05) is 36.9 Å². The highest BCUT2D eigenvalue weighted by Crippen LogP contribution is 2.41. The number of halogens is 1. The van der Waals surface area contributed by atoms with E-state index in [1.165, 1.54) is 12.1 Å². The Hall–Kier alpha value is -2.77. The Morgan fingerprint density at radius 3 is 2.60 bits per heavy atom. The molecule has 5 nitrogen and oxygen atoms in total. The number of pyridine rings is 1. The van der Waals surface area contributed by atoms with Crippen molar-refractivity contribution in [2.75, 3.05) is 20.3 Å². The predicted octanol–water partition coefficient (Wildman–Crippen LogP) is 4.25. The van der Waals surface area contributed by atoms with E-state index in [0.29, 0.717) is 18.3 Å². The third-order valence-corrected chi connectivity index (χ3v) is 5.96. The molecule has 2 unspecified atom stereocenters. The summed E-state index contributed by atoms with van der Waals surface area (Å²) in [5.74, 6) is -0.243. The van der Waals surface area contributed by atoms with Crippen molar-refractivity contribution in [3.8, 4) is 5.69 Å². The van der Waals surface area contributed by atoms with Crippen molar-refractivity contribution < 1.29 is 9.13 Å². The van der Waals surface area contributed by atoms with Gasteiger partial charge in [-0.2, -0.15) is 0 Å². The van der Waals surface area contributed by atoms with Gasteiger partial charge in [-0.05, 0) is 74.1 Å². The van der Waals surface area contributed by atoms with Crippen LogP contribution in [0.25, 0.3) is 5.69 Å². The van der Waals surface area contributed by atoms with Crippen molar-refractivity contribution in [2.24, 2.45) is 0 Å². The molecular formula is C23H25FN4OS. The summed E-state index contributed by atoms with van der Waals surface area (Å²) in [6.45, 7) is 5.41. The standard InChI is InChI=1S/C23H25FN4OS/c1-15-14-19(16(2)28(15)18-9-7-17(24)8-10-18)22-21(20-6-4-5-11-25-20)26-23(30)27(22)12-13-29-3/h4-11,14,21-22H,12-13H2,1-3H3,(H,26,30). The highest BCUT2D eigenvalue weighted by molar-refractivity contribution is 7.80. The Morgan fingerprint density at radius 1 is 1.17 bits per heavy atom. The van der Waals surface area contributed by atoms with Crippen molar-refractivity contribution >= 4 is 17.3 Å². The molecule has 0 spiro atoms. The van der Waals surface area contributed by atoms with Crippen LogP contribution in [0.15, 0.2) is 54.7 Å². The Bertz CT molecular complexity index is 1040. The van der Waals surface area contributed by atoms with E-state index in [0.717, 1.165) is 28.3 Å². The van der Waals surface area contributed by atoms with Gasteiger partial charge < -0.3 is 19.5 Å². The second-order valence-electron chi connectivity index (χ2n) is 7.45. The van der Waals surface area contributed by atoms with E-state index in [4.69, 9.17) is 17.0 Å². The van der Waals surface area contributed by atoms with Crippen LogP contribution >= 0.6 is 12.2 Å². The predicted molar refractivity (Wildman–Crippen MR) is 119 cm³/mol. The number of thiocarbonyl (C=S) groups is 1. The van der Waals surface area contributed by atoms with Gasteiger partial charge in [0.1, 0.15) is 5.82 Å². The van der Waals surface area contributed by atoms with Crippen molar-refractivity contribution in [3.05, 3.63) is 83.2 Å². The van der Waals surface area contributed by atoms with Crippen LogP contribution in [-0.4, -0.2) is 39.8 Å². The van der Waals surface area contributed by atoms with Gasteiger partial charge in [-0.3, -0.25) is 4.98 Å². The number of hydrogen-bond acceptors (Lipinski definition) is 3. The number of methoxy groups -OCH3 is 1. The van der Waals surface area contributed by atoms with Crippen LogP contribution in [0.4, 0.5) is 4.39 Å². The van der Waals surface area contributed by atoms with Gasteiger partial charge in [0.15, 0.2) is 5.11 Å². The number of nitrogens with zero attached hydrogens (tertiary/aromatic N) is 3. The number of aromatic nitrogens is 2. The van der Waals surface area contributed by atoms with Gasteiger partial charge >= 0.3 is 0 Å². The molecule has 0 radical (unpaired) electrons. The average molecular weight is 425 g/mol. The molecule has 0 saturated carbocycles. The van der Waals surface area contributed by atoms with Crippen LogP contribution in [0.1, 0.15) is 34.7 Å². The maximum Gasteiger partial charge on any atom is 0.170 e. The zero-order valence-corrected chi connectivity index (χ0v) is 18.1. The van der Waals surface area contributed by atoms with Gasteiger partial charge in [-0.25, -0.2) is 4.39 Å². The fourth-order valence-corrected chi connectivity index (χ4v) is 4.58. The van der Waals surface area contributed by atoms with Gasteiger partial charge in [-0.1, -0.05) is 6.07 Å². The molecule has 1 aliphatic rings. The molecule has 1 aliphatic heterocycles. The third kappa shape index (κ3) is 3.70. The molecule has 7 heteroatoms. The number of ether oxygens (including phenoxy) is 1. The molecule has 30 heavy (non-hydrogen) atoms. The Morgan fingerprint density at radius 2 is 1.93 bits per heavy atom. The van der Waals surface area contributed by atoms with Gasteiger partial charge in [0.25, 0.3) is 0 Å². The molecule has 1 fully saturated rings. The van der Waals surface area contributed by atoms with Crippen molar-refractivity contribution in [2.45, 2.75) is 25.9 Å². The minimum Gasteiger partial charge on any atom is -0.383 e. The summed E-state index contributed by atoms with van der Waals surface area (Å²) in [6, 6.07) is 14.6. The van der Waals surface area contributed by atoms with E-state index in [1.807, 2.05) is 18.2 Å². The monoisotopic (exact) mass is 424 g/mol. The lowest BCUT2D eigenvalue weighted by Crippen LogP contribution is -2.32. The molecule has 0 aliphatic carbocycles. The first kappa shape index (κ1) is 20.5. The van der Waals surface area contributed by atoms with Crippen LogP contribution in [0, 0.1) is 19.7 Å². The van der Waals surface area contributed by atoms with E-state index in [1.54, 1.807) is 25.4 Å². The largest absolute Gasteiger partial charge is 0.383 e. The highest BCUT2D eigenvalue weighted by Gasteiger charge is 2.41. The third-order valence-electron chi connectivity index (χ3n) is 5.61. The Kier molecular flexibility index (Phi) is 5.83. The normalized spacial score (nSPS) is 18.7. The fraction of sp³-hybridized carbons (Fsp3) is 0.304. The summed E-state index contributed by atoms with van der Waals surface area (Å²) in [7, 11) is 1.69. The van der Waals surface area contributed by atoms with Crippen molar-refractivity contribution in [1.29, 1.82) is 0 Å². The molecular weight excluding hydrogens is 399 g/mol. The molecule has 2 atom stereocenters. The van der Waals surface area contributed by atoms with E-state index in [2.05, 4.69) is 39.7 Å². The van der Waals surface area contributed by atoms with Crippen LogP contribution in [0.5, 0.6) is 0 Å². The van der Waals surface area contributed by atoms with Crippen molar-refractivity contribution in [1.82, 2.24) is 19.8 Å². The van der Waals surface area contributed by atoms with E-state index in [-0.39, 0.29) is 17.9 Å². The van der Waals surface area contributed by atoms with Crippen molar-refractivity contribution in [3.63, 3.8) is 0 Å². The molecule has 1 N–H and O–H groups in total. The Balaban J connectivity index is 1.81. The second-order valence-corrected chi connectivity index (χ2v) is 7.84. The number of hydrogen-bond donors (Lipinski definition) is 1. The van der Waals surface area contributed by atoms with Crippen LogP contribution in [-0.2, 0) is 4.74 Å². The summed E-state index contributed by atoms with van der Waals surface area (Å²) in [5.41, 5.74) is 5.22. The van der Waals surface area contributed by atoms with E-state index >= 15 is 0 Å². The van der Waals surface area contributed by atoms with Crippen LogP contribution < -0.4 is 5.32 Å². The molecule has 3 heterocycles. The number of aryl methyl sites for hydroxylation is 1. The second kappa shape index (κ2) is 8.53. The van der Waals surface area contributed by atoms with E-state index in [9.17, 15) is 4.39 Å². The quantitative estimate of drug-likeness (QED) is 0.600.